The highest BCUT2D eigenvalue weighted by Gasteiger charge is 2.13. The molecule has 1 aromatic rings. The van der Waals surface area contributed by atoms with E-state index in [0.29, 0.717) is 12.8 Å². The van der Waals surface area contributed by atoms with Crippen LogP contribution in [0.3, 0.4) is 0 Å². The maximum absolute atomic E-state index is 11.2. The van der Waals surface area contributed by atoms with E-state index >= 15 is 0 Å². The zero-order valence-electron chi connectivity index (χ0n) is 10.9. The third-order valence-corrected chi connectivity index (χ3v) is 3.08. The van der Waals surface area contributed by atoms with Crippen molar-refractivity contribution >= 4 is 5.91 Å². The van der Waals surface area contributed by atoms with Crippen LogP contribution in [0.2, 0.25) is 0 Å². The highest BCUT2D eigenvalue weighted by molar-refractivity contribution is 5.75. The molecule has 0 radical (unpaired) electrons. The second-order valence-electron chi connectivity index (χ2n) is 4.21. The van der Waals surface area contributed by atoms with E-state index in [1.807, 2.05) is 13.8 Å². The molecule has 0 saturated heterocycles. The Morgan fingerprint density at radius 3 is 2.53 bits per heavy atom. The van der Waals surface area contributed by atoms with Gasteiger partial charge in [-0.25, -0.2) is 5.84 Å². The minimum atomic E-state index is -0.162. The molecule has 0 aliphatic carbocycles. The number of hydrazine groups is 1. The molecule has 4 heteroatoms. The predicted molar refractivity (Wildman–Crippen MR) is 67.9 cm³/mol. The van der Waals surface area contributed by atoms with Crippen LogP contribution in [-0.4, -0.2) is 13.0 Å². The summed E-state index contributed by atoms with van der Waals surface area (Å²) in [5, 5.41) is 0. The number of carbonyl (C=O) groups excluding carboxylic acids is 1. The van der Waals surface area contributed by atoms with E-state index in [9.17, 15) is 4.79 Å². The fraction of sp³-hybridized carbons (Fsp3) is 0.462. The van der Waals surface area contributed by atoms with Crippen molar-refractivity contribution in [3.8, 4) is 5.75 Å². The third kappa shape index (κ3) is 2.97. The van der Waals surface area contributed by atoms with Gasteiger partial charge in [0.05, 0.1) is 7.11 Å². The second kappa shape index (κ2) is 5.68. The molecule has 0 unspecified atom stereocenters. The van der Waals surface area contributed by atoms with Gasteiger partial charge in [0, 0.05) is 6.42 Å². The molecular formula is C13H20N2O2. The average molecular weight is 236 g/mol. The Labute approximate surface area is 102 Å². The van der Waals surface area contributed by atoms with Crippen molar-refractivity contribution in [1.29, 1.82) is 0 Å². The van der Waals surface area contributed by atoms with Crippen LogP contribution in [0.25, 0.3) is 0 Å². The summed E-state index contributed by atoms with van der Waals surface area (Å²) in [4.78, 5) is 11.2. The molecule has 0 spiro atoms. The molecule has 0 saturated carbocycles. The first-order valence-corrected chi connectivity index (χ1v) is 5.64. The number of hydrogen-bond acceptors (Lipinski definition) is 3. The van der Waals surface area contributed by atoms with Crippen LogP contribution in [-0.2, 0) is 11.2 Å². The molecule has 0 fully saturated rings. The van der Waals surface area contributed by atoms with Gasteiger partial charge in [0.2, 0.25) is 5.91 Å². The topological polar surface area (TPSA) is 64.3 Å². The second-order valence-corrected chi connectivity index (χ2v) is 4.21. The van der Waals surface area contributed by atoms with Gasteiger partial charge < -0.3 is 4.74 Å². The third-order valence-electron chi connectivity index (χ3n) is 3.08. The Bertz CT molecular complexity index is 428. The number of ether oxygens (including phenoxy) is 1. The zero-order chi connectivity index (χ0) is 13.0. The number of hydrogen-bond donors (Lipinski definition) is 2. The fourth-order valence-electron chi connectivity index (χ4n) is 2.00. The van der Waals surface area contributed by atoms with Crippen molar-refractivity contribution in [3.05, 3.63) is 28.3 Å². The van der Waals surface area contributed by atoms with Gasteiger partial charge in [-0.2, -0.15) is 0 Å². The van der Waals surface area contributed by atoms with Crippen LogP contribution in [0.4, 0.5) is 0 Å². The van der Waals surface area contributed by atoms with Gasteiger partial charge in [0.15, 0.2) is 0 Å². The number of rotatable bonds is 4. The molecule has 0 bridgehead atoms. The van der Waals surface area contributed by atoms with Gasteiger partial charge in [-0.15, -0.1) is 0 Å². The van der Waals surface area contributed by atoms with E-state index in [1.54, 1.807) is 7.11 Å². The van der Waals surface area contributed by atoms with E-state index in [-0.39, 0.29) is 5.91 Å². The lowest BCUT2D eigenvalue weighted by molar-refractivity contribution is -0.121. The maximum Gasteiger partial charge on any atom is 0.234 e. The van der Waals surface area contributed by atoms with Crippen LogP contribution < -0.4 is 16.0 Å². The van der Waals surface area contributed by atoms with Gasteiger partial charge in [-0.1, -0.05) is 6.07 Å². The SMILES string of the molecule is COc1c(C)c(C)cc(C)c1CCC(=O)NN. The Balaban J connectivity index is 3.05. The Morgan fingerprint density at radius 2 is 2.00 bits per heavy atom. The monoisotopic (exact) mass is 236 g/mol. The van der Waals surface area contributed by atoms with Gasteiger partial charge >= 0.3 is 0 Å². The summed E-state index contributed by atoms with van der Waals surface area (Å²) in [6, 6.07) is 2.12. The van der Waals surface area contributed by atoms with E-state index in [0.717, 1.165) is 22.4 Å². The van der Waals surface area contributed by atoms with Gasteiger partial charge in [-0.05, 0) is 49.4 Å². The molecule has 0 aliphatic heterocycles. The van der Waals surface area contributed by atoms with Gasteiger partial charge in [0.25, 0.3) is 0 Å². The highest BCUT2D eigenvalue weighted by Crippen LogP contribution is 2.30. The number of amides is 1. The summed E-state index contributed by atoms with van der Waals surface area (Å²) in [5.41, 5.74) is 6.70. The molecular weight excluding hydrogens is 216 g/mol. The van der Waals surface area contributed by atoms with E-state index in [1.165, 1.54) is 5.56 Å². The molecule has 4 nitrogen and oxygen atoms in total. The Kier molecular flexibility index (Phi) is 4.52. The molecule has 3 N–H and O–H groups in total. The number of methoxy groups -OCH3 is 1. The predicted octanol–water partition coefficient (Wildman–Crippen LogP) is 1.54. The average Bonchev–Trinajstić information content (AvgIpc) is 2.31. The standard InChI is InChI=1S/C13H20N2O2/c1-8-7-9(2)11(5-6-12(16)15-14)13(17-4)10(8)3/h7H,5-6,14H2,1-4H3,(H,15,16). The number of nitrogens with one attached hydrogen (secondary N) is 1. The lowest BCUT2D eigenvalue weighted by Gasteiger charge is -2.16. The van der Waals surface area contributed by atoms with Gasteiger partial charge in [0.1, 0.15) is 5.75 Å². The molecule has 1 rings (SSSR count). The van der Waals surface area contributed by atoms with Crippen LogP contribution in [0, 0.1) is 20.8 Å². The maximum atomic E-state index is 11.2. The van der Waals surface area contributed by atoms with Crippen molar-refractivity contribution in [1.82, 2.24) is 5.43 Å². The molecule has 1 amide bonds. The summed E-state index contributed by atoms with van der Waals surface area (Å²) in [7, 11) is 1.66. The zero-order valence-corrected chi connectivity index (χ0v) is 10.9. The van der Waals surface area contributed by atoms with E-state index in [2.05, 4.69) is 18.4 Å². The summed E-state index contributed by atoms with van der Waals surface area (Å²) in [5.74, 6) is 5.79. The minimum Gasteiger partial charge on any atom is -0.496 e. The molecule has 0 aliphatic rings. The van der Waals surface area contributed by atoms with E-state index < -0.39 is 0 Å². The van der Waals surface area contributed by atoms with Crippen molar-refractivity contribution < 1.29 is 9.53 Å². The van der Waals surface area contributed by atoms with E-state index in [4.69, 9.17) is 10.6 Å². The first-order chi connectivity index (χ1) is 8.01. The summed E-state index contributed by atoms with van der Waals surface area (Å²) in [6.07, 6.45) is 1.01. The van der Waals surface area contributed by atoms with Crippen molar-refractivity contribution in [2.75, 3.05) is 7.11 Å². The molecule has 0 aromatic heterocycles. The number of aryl methyl sites for hydroxylation is 2. The first kappa shape index (κ1) is 13.5. The van der Waals surface area contributed by atoms with Crippen LogP contribution in [0.5, 0.6) is 5.75 Å². The largest absolute Gasteiger partial charge is 0.496 e. The van der Waals surface area contributed by atoms with Crippen molar-refractivity contribution in [2.24, 2.45) is 5.84 Å². The highest BCUT2D eigenvalue weighted by atomic mass is 16.5. The first-order valence-electron chi connectivity index (χ1n) is 5.64. The normalized spacial score (nSPS) is 10.2. The van der Waals surface area contributed by atoms with Crippen molar-refractivity contribution in [2.45, 2.75) is 33.6 Å². The molecule has 94 valence electrons. The number of benzene rings is 1. The lowest BCUT2D eigenvalue weighted by atomic mass is 9.96. The van der Waals surface area contributed by atoms with Gasteiger partial charge in [-0.3, -0.25) is 10.2 Å². The van der Waals surface area contributed by atoms with Crippen LogP contribution in [0.1, 0.15) is 28.7 Å². The fourth-order valence-corrected chi connectivity index (χ4v) is 2.00. The molecule has 1 aromatic carbocycles. The van der Waals surface area contributed by atoms with Crippen LogP contribution >= 0.6 is 0 Å². The Morgan fingerprint density at radius 1 is 1.35 bits per heavy atom. The van der Waals surface area contributed by atoms with Crippen molar-refractivity contribution in [3.63, 3.8) is 0 Å². The summed E-state index contributed by atoms with van der Waals surface area (Å²) in [6.45, 7) is 6.12. The number of carbonyl (C=O) groups is 1. The molecule has 0 atom stereocenters. The summed E-state index contributed by atoms with van der Waals surface area (Å²) < 4.78 is 5.44. The van der Waals surface area contributed by atoms with Crippen LogP contribution in [0.15, 0.2) is 6.07 Å². The minimum absolute atomic E-state index is 0.162. The summed E-state index contributed by atoms with van der Waals surface area (Å²) >= 11 is 0. The molecule has 17 heavy (non-hydrogen) atoms. The number of nitrogens with two attached hydrogens (primary N) is 1. The smallest absolute Gasteiger partial charge is 0.234 e. The molecule has 0 heterocycles. The quantitative estimate of drug-likeness (QED) is 0.473. The lowest BCUT2D eigenvalue weighted by Crippen LogP contribution is -2.30. The Hall–Kier alpha value is -1.55.